The van der Waals surface area contributed by atoms with E-state index in [0.717, 1.165) is 9.13 Å². The van der Waals surface area contributed by atoms with Crippen LogP contribution in [-0.4, -0.2) is 11.1 Å². The standard InChI is InChI=1S/C14H10ClIO3/c15-12-7-10(14(17)18)3-6-13(12)19-8-9-1-4-11(16)5-2-9/h1-7H,8H2,(H,17,18). The van der Waals surface area contributed by atoms with Gasteiger partial charge in [0.25, 0.3) is 0 Å². The molecular weight excluding hydrogens is 379 g/mol. The number of carboxylic acid groups (broad SMARTS) is 1. The monoisotopic (exact) mass is 388 g/mol. The maximum absolute atomic E-state index is 10.8. The van der Waals surface area contributed by atoms with E-state index in [1.165, 1.54) is 12.1 Å². The van der Waals surface area contributed by atoms with Crippen LogP contribution in [0.25, 0.3) is 0 Å². The van der Waals surface area contributed by atoms with Gasteiger partial charge in [-0.15, -0.1) is 0 Å². The molecule has 0 atom stereocenters. The van der Waals surface area contributed by atoms with Crippen LogP contribution in [0.2, 0.25) is 5.02 Å². The van der Waals surface area contributed by atoms with Crippen LogP contribution in [-0.2, 0) is 6.61 Å². The maximum Gasteiger partial charge on any atom is 0.335 e. The van der Waals surface area contributed by atoms with Crippen LogP contribution in [0.4, 0.5) is 0 Å². The molecule has 0 aliphatic heterocycles. The molecule has 1 N–H and O–H groups in total. The Morgan fingerprint density at radius 1 is 1.21 bits per heavy atom. The van der Waals surface area contributed by atoms with Crippen LogP contribution < -0.4 is 4.74 Å². The summed E-state index contributed by atoms with van der Waals surface area (Å²) in [6.45, 7) is 0.392. The van der Waals surface area contributed by atoms with Gasteiger partial charge in [0.2, 0.25) is 0 Å². The average Bonchev–Trinajstić information content (AvgIpc) is 2.39. The van der Waals surface area contributed by atoms with Crippen molar-refractivity contribution in [1.29, 1.82) is 0 Å². The zero-order chi connectivity index (χ0) is 13.8. The van der Waals surface area contributed by atoms with Gasteiger partial charge in [0.05, 0.1) is 10.6 Å². The van der Waals surface area contributed by atoms with E-state index in [-0.39, 0.29) is 5.56 Å². The highest BCUT2D eigenvalue weighted by Crippen LogP contribution is 2.26. The summed E-state index contributed by atoms with van der Waals surface area (Å²) in [5.74, 6) is -0.531. The minimum absolute atomic E-state index is 0.145. The first-order valence-electron chi connectivity index (χ1n) is 5.46. The van der Waals surface area contributed by atoms with Gasteiger partial charge >= 0.3 is 5.97 Å². The van der Waals surface area contributed by atoms with E-state index < -0.39 is 5.97 Å². The van der Waals surface area contributed by atoms with Gasteiger partial charge in [-0.3, -0.25) is 0 Å². The molecule has 2 rings (SSSR count). The summed E-state index contributed by atoms with van der Waals surface area (Å²) in [6.07, 6.45) is 0. The molecule has 0 heterocycles. The van der Waals surface area contributed by atoms with Gasteiger partial charge in [0, 0.05) is 3.57 Å². The van der Waals surface area contributed by atoms with Crippen LogP contribution in [0.1, 0.15) is 15.9 Å². The minimum atomic E-state index is -1.01. The Hall–Kier alpha value is -1.27. The average molecular weight is 389 g/mol. The molecule has 98 valence electrons. The first kappa shape index (κ1) is 14.1. The fourth-order valence-corrected chi connectivity index (χ4v) is 2.09. The summed E-state index contributed by atoms with van der Waals surface area (Å²) in [5, 5.41) is 9.13. The van der Waals surface area contributed by atoms with Crippen LogP contribution in [0.15, 0.2) is 42.5 Å². The summed E-state index contributed by atoms with van der Waals surface area (Å²) < 4.78 is 6.73. The van der Waals surface area contributed by atoms with Gasteiger partial charge in [-0.2, -0.15) is 0 Å². The molecule has 2 aromatic rings. The zero-order valence-electron chi connectivity index (χ0n) is 9.77. The molecule has 0 saturated heterocycles. The summed E-state index contributed by atoms with van der Waals surface area (Å²) in [6, 6.07) is 12.4. The predicted octanol–water partition coefficient (Wildman–Crippen LogP) is 4.22. The largest absolute Gasteiger partial charge is 0.487 e. The molecule has 0 bridgehead atoms. The number of ether oxygens (including phenoxy) is 1. The molecule has 0 fully saturated rings. The maximum atomic E-state index is 10.8. The van der Waals surface area contributed by atoms with Gasteiger partial charge in [0.15, 0.2) is 0 Å². The number of carboxylic acids is 1. The number of rotatable bonds is 4. The Morgan fingerprint density at radius 3 is 2.47 bits per heavy atom. The van der Waals surface area contributed by atoms with Crippen molar-refractivity contribution < 1.29 is 14.6 Å². The van der Waals surface area contributed by atoms with E-state index >= 15 is 0 Å². The lowest BCUT2D eigenvalue weighted by molar-refractivity contribution is 0.0697. The van der Waals surface area contributed by atoms with E-state index in [0.29, 0.717) is 17.4 Å². The summed E-state index contributed by atoms with van der Waals surface area (Å²) >= 11 is 8.21. The minimum Gasteiger partial charge on any atom is -0.487 e. The molecular formula is C14H10ClIO3. The number of halogens is 2. The summed E-state index contributed by atoms with van der Waals surface area (Å²) in [7, 11) is 0. The van der Waals surface area contributed by atoms with Crippen molar-refractivity contribution in [2.45, 2.75) is 6.61 Å². The van der Waals surface area contributed by atoms with Crippen molar-refractivity contribution in [3.8, 4) is 5.75 Å². The number of hydrogen-bond acceptors (Lipinski definition) is 2. The van der Waals surface area contributed by atoms with Gasteiger partial charge in [-0.05, 0) is 58.5 Å². The second-order valence-corrected chi connectivity index (χ2v) is 5.52. The first-order valence-corrected chi connectivity index (χ1v) is 6.92. The molecule has 0 aliphatic rings. The predicted molar refractivity (Wildman–Crippen MR) is 81.9 cm³/mol. The van der Waals surface area contributed by atoms with Gasteiger partial charge in [-0.25, -0.2) is 4.79 Å². The second kappa shape index (κ2) is 6.25. The first-order chi connectivity index (χ1) is 9.06. The molecule has 5 heteroatoms. The Morgan fingerprint density at radius 2 is 1.89 bits per heavy atom. The lowest BCUT2D eigenvalue weighted by Crippen LogP contribution is -1.99. The van der Waals surface area contributed by atoms with Crippen molar-refractivity contribution in [3.05, 3.63) is 62.2 Å². The Kier molecular flexibility index (Phi) is 4.66. The molecule has 0 saturated carbocycles. The molecule has 19 heavy (non-hydrogen) atoms. The molecule has 2 aromatic carbocycles. The highest BCUT2D eigenvalue weighted by Gasteiger charge is 2.08. The third-order valence-electron chi connectivity index (χ3n) is 2.49. The summed E-state index contributed by atoms with van der Waals surface area (Å²) in [4.78, 5) is 10.8. The SMILES string of the molecule is O=C(O)c1ccc(OCc2ccc(I)cc2)c(Cl)c1. The van der Waals surface area contributed by atoms with Gasteiger partial charge < -0.3 is 9.84 Å². The fourth-order valence-electron chi connectivity index (χ4n) is 1.49. The smallest absolute Gasteiger partial charge is 0.335 e. The Labute approximate surface area is 129 Å². The topological polar surface area (TPSA) is 46.5 Å². The van der Waals surface area contributed by atoms with E-state index in [4.69, 9.17) is 21.4 Å². The van der Waals surface area contributed by atoms with Crippen LogP contribution in [0.5, 0.6) is 5.75 Å². The Balaban J connectivity index is 2.07. The van der Waals surface area contributed by atoms with Crippen molar-refractivity contribution in [3.63, 3.8) is 0 Å². The molecule has 0 aromatic heterocycles. The van der Waals surface area contributed by atoms with Crippen molar-refractivity contribution in [1.82, 2.24) is 0 Å². The molecule has 0 amide bonds. The summed E-state index contributed by atoms with van der Waals surface area (Å²) in [5.41, 5.74) is 1.17. The number of hydrogen-bond donors (Lipinski definition) is 1. The molecule has 0 radical (unpaired) electrons. The van der Waals surface area contributed by atoms with E-state index in [9.17, 15) is 4.79 Å². The van der Waals surface area contributed by atoms with Crippen LogP contribution in [0.3, 0.4) is 0 Å². The number of carbonyl (C=O) groups is 1. The lowest BCUT2D eigenvalue weighted by atomic mass is 10.2. The van der Waals surface area contributed by atoms with Crippen molar-refractivity contribution in [2.75, 3.05) is 0 Å². The number of benzene rings is 2. The van der Waals surface area contributed by atoms with Crippen LogP contribution in [0, 0.1) is 3.57 Å². The van der Waals surface area contributed by atoms with E-state index in [1.54, 1.807) is 6.07 Å². The quantitative estimate of drug-likeness (QED) is 0.798. The molecule has 3 nitrogen and oxygen atoms in total. The van der Waals surface area contributed by atoms with Crippen molar-refractivity contribution >= 4 is 40.2 Å². The highest BCUT2D eigenvalue weighted by atomic mass is 127. The number of aromatic carboxylic acids is 1. The fraction of sp³-hybridized carbons (Fsp3) is 0.0714. The third-order valence-corrected chi connectivity index (χ3v) is 3.50. The zero-order valence-corrected chi connectivity index (χ0v) is 12.7. The van der Waals surface area contributed by atoms with Gasteiger partial charge in [-0.1, -0.05) is 23.7 Å². The molecule has 0 aliphatic carbocycles. The third kappa shape index (κ3) is 3.84. The second-order valence-electron chi connectivity index (χ2n) is 3.87. The van der Waals surface area contributed by atoms with Crippen molar-refractivity contribution in [2.24, 2.45) is 0 Å². The Bertz CT molecular complexity index is 596. The molecule has 0 spiro atoms. The van der Waals surface area contributed by atoms with Gasteiger partial charge in [0.1, 0.15) is 12.4 Å². The highest BCUT2D eigenvalue weighted by molar-refractivity contribution is 14.1. The van der Waals surface area contributed by atoms with Crippen LogP contribution >= 0.6 is 34.2 Å². The normalized spacial score (nSPS) is 10.2. The van der Waals surface area contributed by atoms with E-state index in [2.05, 4.69) is 22.6 Å². The van der Waals surface area contributed by atoms with E-state index in [1.807, 2.05) is 24.3 Å². The lowest BCUT2D eigenvalue weighted by Gasteiger charge is -2.08. The molecule has 0 unspecified atom stereocenters.